The fourth-order valence-corrected chi connectivity index (χ4v) is 2.58. The van der Waals surface area contributed by atoms with Gasteiger partial charge in [0.05, 0.1) is 8.80 Å². The summed E-state index contributed by atoms with van der Waals surface area (Å²) < 4.78 is 0. The largest absolute Gasteiger partial charge is 0.107 e. The second kappa shape index (κ2) is 3.57. The summed E-state index contributed by atoms with van der Waals surface area (Å²) in [5.74, 6) is 0. The van der Waals surface area contributed by atoms with Crippen LogP contribution in [0.2, 0.25) is 12.1 Å². The van der Waals surface area contributed by atoms with Gasteiger partial charge in [0.15, 0.2) is 0 Å². The van der Waals surface area contributed by atoms with Gasteiger partial charge in [-0.15, -0.1) is 12.3 Å². The van der Waals surface area contributed by atoms with Gasteiger partial charge >= 0.3 is 0 Å². The van der Waals surface area contributed by atoms with Crippen LogP contribution in [0.4, 0.5) is 0 Å². The van der Waals surface area contributed by atoms with Gasteiger partial charge in [0.2, 0.25) is 0 Å². The maximum atomic E-state index is 3.84. The van der Waals surface area contributed by atoms with Gasteiger partial charge in [-0.05, 0) is 12.0 Å². The molecule has 0 nitrogen and oxygen atoms in total. The average Bonchev–Trinajstić information content (AvgIpc) is 2.05. The number of hydrogen-bond donors (Lipinski definition) is 0. The van der Waals surface area contributed by atoms with E-state index in [2.05, 4.69) is 43.1 Å². The molecule has 0 aromatic rings. The molecular formula is C9H14Si. The predicted molar refractivity (Wildman–Crippen MR) is 49.9 cm³/mol. The van der Waals surface area contributed by atoms with E-state index in [1.165, 1.54) is 6.42 Å². The molecule has 0 saturated heterocycles. The lowest BCUT2D eigenvalue weighted by atomic mass is 10.2. The van der Waals surface area contributed by atoms with Crippen LogP contribution in [0.15, 0.2) is 36.6 Å². The van der Waals surface area contributed by atoms with Gasteiger partial charge in [0.25, 0.3) is 0 Å². The molecular weight excluding hydrogens is 136 g/mol. The van der Waals surface area contributed by atoms with Crippen LogP contribution in [0, 0.1) is 0 Å². The summed E-state index contributed by atoms with van der Waals surface area (Å²) in [6.45, 7) is 6.19. The van der Waals surface area contributed by atoms with Gasteiger partial charge in [0, 0.05) is 0 Å². The fraction of sp³-hybridized carbons (Fsp3) is 0.333. The molecule has 2 atom stereocenters. The molecule has 54 valence electrons. The second-order valence-corrected chi connectivity index (χ2v) is 5.85. The van der Waals surface area contributed by atoms with Crippen molar-refractivity contribution in [3.8, 4) is 0 Å². The molecule has 0 aromatic carbocycles. The van der Waals surface area contributed by atoms with E-state index >= 15 is 0 Å². The maximum Gasteiger partial charge on any atom is 0.0648 e. The first-order chi connectivity index (χ1) is 4.84. The van der Waals surface area contributed by atoms with Gasteiger partial charge in [0.1, 0.15) is 0 Å². The molecule has 0 fully saturated rings. The lowest BCUT2D eigenvalue weighted by Crippen LogP contribution is -2.11. The first-order valence-electron chi connectivity index (χ1n) is 3.80. The van der Waals surface area contributed by atoms with Crippen molar-refractivity contribution in [2.24, 2.45) is 0 Å². The molecule has 1 heteroatoms. The molecule has 1 rings (SSSR count). The van der Waals surface area contributed by atoms with Crippen LogP contribution in [-0.4, -0.2) is 8.80 Å². The predicted octanol–water partition coefficient (Wildman–Crippen LogP) is 2.45. The zero-order valence-corrected chi connectivity index (χ0v) is 7.61. The van der Waals surface area contributed by atoms with E-state index in [1.54, 1.807) is 0 Å². The topological polar surface area (TPSA) is 0 Å². The molecule has 2 unspecified atom stereocenters. The van der Waals surface area contributed by atoms with Crippen LogP contribution in [-0.2, 0) is 0 Å². The van der Waals surface area contributed by atoms with Gasteiger partial charge in [-0.3, -0.25) is 0 Å². The lowest BCUT2D eigenvalue weighted by Gasteiger charge is -2.15. The molecule has 0 bridgehead atoms. The molecule has 1 aliphatic rings. The highest BCUT2D eigenvalue weighted by Gasteiger charge is 2.11. The average molecular weight is 150 g/mol. The van der Waals surface area contributed by atoms with E-state index in [9.17, 15) is 0 Å². The van der Waals surface area contributed by atoms with Crippen LogP contribution in [0.25, 0.3) is 0 Å². The van der Waals surface area contributed by atoms with Crippen molar-refractivity contribution < 1.29 is 0 Å². The Morgan fingerprint density at radius 1 is 1.60 bits per heavy atom. The summed E-state index contributed by atoms with van der Waals surface area (Å²) >= 11 is 0. The van der Waals surface area contributed by atoms with Gasteiger partial charge in [-0.2, -0.15) is 0 Å². The minimum atomic E-state index is -0.637. The summed E-state index contributed by atoms with van der Waals surface area (Å²) in [7, 11) is -0.637. The van der Waals surface area contributed by atoms with E-state index < -0.39 is 8.80 Å². The van der Waals surface area contributed by atoms with Crippen molar-refractivity contribution in [1.29, 1.82) is 0 Å². The van der Waals surface area contributed by atoms with E-state index in [0.29, 0.717) is 0 Å². The summed E-state index contributed by atoms with van der Waals surface area (Å²) in [6, 6.07) is 0. The Morgan fingerprint density at radius 2 is 2.40 bits per heavy atom. The molecule has 0 amide bonds. The fourth-order valence-electron chi connectivity index (χ4n) is 1.16. The third-order valence-electron chi connectivity index (χ3n) is 2.06. The molecule has 0 aliphatic heterocycles. The van der Waals surface area contributed by atoms with Crippen LogP contribution in [0.3, 0.4) is 0 Å². The Hall–Kier alpha value is -0.563. The maximum absolute atomic E-state index is 3.84. The highest BCUT2D eigenvalue weighted by atomic mass is 28.3. The molecule has 0 N–H and O–H groups in total. The summed E-state index contributed by atoms with van der Waals surface area (Å²) in [6.07, 6.45) is 10.1. The molecule has 0 radical (unpaired) electrons. The monoisotopic (exact) mass is 150 g/mol. The summed E-state index contributed by atoms with van der Waals surface area (Å²) in [5.41, 5.74) is 2.98. The molecule has 0 aromatic heterocycles. The third-order valence-corrected chi connectivity index (χ3v) is 4.65. The zero-order chi connectivity index (χ0) is 7.40. The SMILES string of the molecule is C=C[SiH](C)C1C=CC=CC1. The van der Waals surface area contributed by atoms with Crippen molar-refractivity contribution in [3.05, 3.63) is 36.6 Å². The first kappa shape index (κ1) is 7.54. The number of allylic oxidation sites excluding steroid dienone is 4. The Labute approximate surface area is 64.6 Å². The van der Waals surface area contributed by atoms with Gasteiger partial charge in [-0.1, -0.05) is 30.9 Å². The van der Waals surface area contributed by atoms with Crippen molar-refractivity contribution in [1.82, 2.24) is 0 Å². The van der Waals surface area contributed by atoms with Gasteiger partial charge < -0.3 is 0 Å². The third kappa shape index (κ3) is 1.71. The van der Waals surface area contributed by atoms with Crippen molar-refractivity contribution >= 4 is 8.80 Å². The normalized spacial score (nSPS) is 26.3. The number of hydrogen-bond acceptors (Lipinski definition) is 0. The highest BCUT2D eigenvalue weighted by Crippen LogP contribution is 2.21. The van der Waals surface area contributed by atoms with E-state index in [1.807, 2.05) is 0 Å². The van der Waals surface area contributed by atoms with Crippen LogP contribution >= 0.6 is 0 Å². The Kier molecular flexibility index (Phi) is 2.69. The molecule has 0 saturated carbocycles. The molecule has 1 aliphatic carbocycles. The highest BCUT2D eigenvalue weighted by molar-refractivity contribution is 6.64. The molecule has 0 spiro atoms. The standard InChI is InChI=1S/C9H14Si/c1-3-10(2)9-7-5-4-6-8-9/h3-7,9-10H,1,8H2,2H3. The van der Waals surface area contributed by atoms with Crippen molar-refractivity contribution in [3.63, 3.8) is 0 Å². The van der Waals surface area contributed by atoms with Crippen molar-refractivity contribution in [2.75, 3.05) is 0 Å². The summed E-state index contributed by atoms with van der Waals surface area (Å²) in [5, 5.41) is 0. The quantitative estimate of drug-likeness (QED) is 0.530. The van der Waals surface area contributed by atoms with Crippen LogP contribution < -0.4 is 0 Å². The Morgan fingerprint density at radius 3 is 2.90 bits per heavy atom. The lowest BCUT2D eigenvalue weighted by molar-refractivity contribution is 1.00. The smallest absolute Gasteiger partial charge is 0.0648 e. The minimum absolute atomic E-state index is 0.637. The molecule has 0 heterocycles. The number of rotatable bonds is 2. The summed E-state index contributed by atoms with van der Waals surface area (Å²) in [4.78, 5) is 0. The van der Waals surface area contributed by atoms with Crippen molar-refractivity contribution in [2.45, 2.75) is 18.5 Å². The van der Waals surface area contributed by atoms with E-state index in [-0.39, 0.29) is 0 Å². The minimum Gasteiger partial charge on any atom is -0.107 e. The van der Waals surface area contributed by atoms with Gasteiger partial charge in [-0.25, -0.2) is 0 Å². The van der Waals surface area contributed by atoms with Crippen LogP contribution in [0.5, 0.6) is 0 Å². The molecule has 10 heavy (non-hydrogen) atoms. The zero-order valence-electron chi connectivity index (χ0n) is 6.46. The van der Waals surface area contributed by atoms with Crippen LogP contribution in [0.1, 0.15) is 6.42 Å². The Balaban J connectivity index is 2.50. The first-order valence-corrected chi connectivity index (χ1v) is 6.29. The van der Waals surface area contributed by atoms with E-state index in [4.69, 9.17) is 0 Å². The Bertz CT molecular complexity index is 168. The van der Waals surface area contributed by atoms with E-state index in [0.717, 1.165) is 5.54 Å². The second-order valence-electron chi connectivity index (χ2n) is 2.81.